The minimum Gasteiger partial charge on any atom is -0.328 e. The summed E-state index contributed by atoms with van der Waals surface area (Å²) in [4.78, 5) is 22.7. The molecule has 0 bridgehead atoms. The predicted molar refractivity (Wildman–Crippen MR) is 98.6 cm³/mol. The van der Waals surface area contributed by atoms with E-state index in [4.69, 9.17) is 0 Å². The number of para-hydroxylation sites is 1. The number of anilines is 3. The van der Waals surface area contributed by atoms with Crippen molar-refractivity contribution in [2.75, 3.05) is 17.3 Å². The summed E-state index contributed by atoms with van der Waals surface area (Å²) in [5.74, 6) is 0.375. The van der Waals surface area contributed by atoms with E-state index in [-0.39, 0.29) is 11.6 Å². The maximum Gasteiger partial charge on any atom is 0.275 e. The number of benzene rings is 2. The first-order valence-corrected chi connectivity index (χ1v) is 8.10. The normalized spacial score (nSPS) is 10.2. The van der Waals surface area contributed by atoms with E-state index in [2.05, 4.69) is 31.2 Å². The highest BCUT2D eigenvalue weighted by atomic mass is 79.9. The molecule has 5 nitrogen and oxygen atoms in total. The summed E-state index contributed by atoms with van der Waals surface area (Å²) in [6.07, 6.45) is 3.06. The van der Waals surface area contributed by atoms with Gasteiger partial charge in [0.05, 0.1) is 12.4 Å². The van der Waals surface area contributed by atoms with Gasteiger partial charge in [-0.1, -0.05) is 34.1 Å². The summed E-state index contributed by atoms with van der Waals surface area (Å²) in [6.45, 7) is 0. The number of carbonyl (C=O) groups excluding carboxylic acids is 1. The number of halogens is 1. The molecular formula is C18H15BrN4O. The number of hydrogen-bond acceptors (Lipinski definition) is 4. The molecule has 0 aliphatic carbocycles. The number of amides is 1. The summed E-state index contributed by atoms with van der Waals surface area (Å²) in [6, 6.07) is 17.2. The van der Waals surface area contributed by atoms with Crippen molar-refractivity contribution in [3.8, 4) is 0 Å². The van der Waals surface area contributed by atoms with Gasteiger partial charge in [-0.25, -0.2) is 9.97 Å². The predicted octanol–water partition coefficient (Wildman–Crippen LogP) is 4.26. The fourth-order valence-electron chi connectivity index (χ4n) is 2.12. The van der Waals surface area contributed by atoms with Crippen LogP contribution in [0, 0.1) is 0 Å². The van der Waals surface area contributed by atoms with Crippen LogP contribution in [-0.2, 0) is 0 Å². The molecule has 0 saturated carbocycles. The Morgan fingerprint density at radius 2 is 1.71 bits per heavy atom. The van der Waals surface area contributed by atoms with Crippen molar-refractivity contribution in [3.63, 3.8) is 0 Å². The highest BCUT2D eigenvalue weighted by molar-refractivity contribution is 9.10. The molecule has 120 valence electrons. The van der Waals surface area contributed by atoms with E-state index < -0.39 is 0 Å². The molecule has 0 aliphatic heterocycles. The zero-order chi connectivity index (χ0) is 16.9. The van der Waals surface area contributed by atoms with Gasteiger partial charge in [-0.05, 0) is 36.4 Å². The SMILES string of the molecule is CN(c1ccccc1)c1cnc(C(=O)Nc2ccc(Br)cc2)cn1. The van der Waals surface area contributed by atoms with Crippen molar-refractivity contribution in [3.05, 3.63) is 77.2 Å². The Balaban J connectivity index is 1.72. The molecule has 2 aromatic carbocycles. The molecular weight excluding hydrogens is 368 g/mol. The molecule has 0 radical (unpaired) electrons. The Hall–Kier alpha value is -2.73. The molecule has 3 aromatic rings. The van der Waals surface area contributed by atoms with E-state index in [1.54, 1.807) is 6.20 Å². The van der Waals surface area contributed by atoms with E-state index in [0.717, 1.165) is 10.2 Å². The molecule has 0 aliphatic rings. The van der Waals surface area contributed by atoms with Crippen molar-refractivity contribution in [1.29, 1.82) is 0 Å². The molecule has 1 amide bonds. The van der Waals surface area contributed by atoms with Gasteiger partial charge in [0.25, 0.3) is 5.91 Å². The van der Waals surface area contributed by atoms with Crippen LogP contribution >= 0.6 is 15.9 Å². The highest BCUT2D eigenvalue weighted by Gasteiger charge is 2.10. The fourth-order valence-corrected chi connectivity index (χ4v) is 2.39. The van der Waals surface area contributed by atoms with Crippen LogP contribution in [0.4, 0.5) is 17.2 Å². The second-order valence-corrected chi connectivity index (χ2v) is 6.03. The van der Waals surface area contributed by atoms with Crippen LogP contribution < -0.4 is 10.2 Å². The lowest BCUT2D eigenvalue weighted by molar-refractivity contribution is 0.102. The standard InChI is InChI=1S/C18H15BrN4O/c1-23(15-5-3-2-4-6-15)17-12-20-16(11-21-17)18(24)22-14-9-7-13(19)8-10-14/h2-12H,1H3,(H,22,24). The summed E-state index contributed by atoms with van der Waals surface area (Å²) in [5.41, 5.74) is 1.97. The lowest BCUT2D eigenvalue weighted by Crippen LogP contribution is -2.16. The Labute approximate surface area is 148 Å². The highest BCUT2D eigenvalue weighted by Crippen LogP contribution is 2.20. The van der Waals surface area contributed by atoms with Gasteiger partial charge in [0, 0.05) is 22.9 Å². The van der Waals surface area contributed by atoms with Crippen LogP contribution in [0.1, 0.15) is 10.5 Å². The van der Waals surface area contributed by atoms with Crippen LogP contribution in [0.25, 0.3) is 0 Å². The van der Waals surface area contributed by atoms with Crippen molar-refractivity contribution in [2.24, 2.45) is 0 Å². The number of nitrogens with one attached hydrogen (secondary N) is 1. The second-order valence-electron chi connectivity index (χ2n) is 5.12. The van der Waals surface area contributed by atoms with Gasteiger partial charge < -0.3 is 10.2 Å². The third kappa shape index (κ3) is 3.78. The lowest BCUT2D eigenvalue weighted by atomic mass is 10.3. The summed E-state index contributed by atoms with van der Waals surface area (Å²) in [5, 5.41) is 2.79. The summed E-state index contributed by atoms with van der Waals surface area (Å²) < 4.78 is 0.952. The fraction of sp³-hybridized carbons (Fsp3) is 0.0556. The van der Waals surface area contributed by atoms with Crippen LogP contribution in [0.5, 0.6) is 0 Å². The minimum atomic E-state index is -0.293. The van der Waals surface area contributed by atoms with Crippen LogP contribution in [-0.4, -0.2) is 22.9 Å². The van der Waals surface area contributed by atoms with Crippen LogP contribution in [0.15, 0.2) is 71.5 Å². The molecule has 1 aromatic heterocycles. The summed E-state index contributed by atoms with van der Waals surface area (Å²) in [7, 11) is 1.90. The Morgan fingerprint density at radius 1 is 1.00 bits per heavy atom. The van der Waals surface area contributed by atoms with Gasteiger partial charge in [0.1, 0.15) is 5.69 Å². The zero-order valence-electron chi connectivity index (χ0n) is 13.0. The van der Waals surface area contributed by atoms with Gasteiger partial charge in [0.15, 0.2) is 5.82 Å². The largest absolute Gasteiger partial charge is 0.328 e. The number of rotatable bonds is 4. The van der Waals surface area contributed by atoms with Crippen LogP contribution in [0.3, 0.4) is 0 Å². The third-order valence-corrected chi connectivity index (χ3v) is 3.99. The molecule has 1 heterocycles. The number of nitrogens with zero attached hydrogens (tertiary/aromatic N) is 3. The molecule has 0 saturated heterocycles. The molecule has 24 heavy (non-hydrogen) atoms. The molecule has 1 N–H and O–H groups in total. The number of carbonyl (C=O) groups is 1. The number of aromatic nitrogens is 2. The first-order valence-electron chi connectivity index (χ1n) is 7.31. The van der Waals surface area contributed by atoms with Gasteiger partial charge in [-0.3, -0.25) is 4.79 Å². The van der Waals surface area contributed by atoms with E-state index in [1.165, 1.54) is 6.20 Å². The van der Waals surface area contributed by atoms with E-state index in [1.807, 2.05) is 66.5 Å². The van der Waals surface area contributed by atoms with Crippen molar-refractivity contribution < 1.29 is 4.79 Å². The van der Waals surface area contributed by atoms with E-state index in [9.17, 15) is 4.79 Å². The minimum absolute atomic E-state index is 0.267. The van der Waals surface area contributed by atoms with Gasteiger partial charge in [-0.2, -0.15) is 0 Å². The zero-order valence-corrected chi connectivity index (χ0v) is 14.6. The molecule has 0 spiro atoms. The monoisotopic (exact) mass is 382 g/mol. The van der Waals surface area contributed by atoms with Gasteiger partial charge in [-0.15, -0.1) is 0 Å². The Kier molecular flexibility index (Phi) is 4.86. The molecule has 6 heteroatoms. The van der Waals surface area contributed by atoms with Crippen LogP contribution in [0.2, 0.25) is 0 Å². The molecule has 0 atom stereocenters. The maximum atomic E-state index is 12.2. The molecule has 3 rings (SSSR count). The first kappa shape index (κ1) is 16.1. The van der Waals surface area contributed by atoms with Crippen molar-refractivity contribution in [2.45, 2.75) is 0 Å². The Morgan fingerprint density at radius 3 is 2.33 bits per heavy atom. The second kappa shape index (κ2) is 7.23. The average Bonchev–Trinajstić information content (AvgIpc) is 2.64. The summed E-state index contributed by atoms with van der Waals surface area (Å²) >= 11 is 3.36. The Bertz CT molecular complexity index is 820. The average molecular weight is 383 g/mol. The number of hydrogen-bond donors (Lipinski definition) is 1. The van der Waals surface area contributed by atoms with Gasteiger partial charge in [0.2, 0.25) is 0 Å². The smallest absolute Gasteiger partial charge is 0.275 e. The third-order valence-electron chi connectivity index (χ3n) is 3.46. The topological polar surface area (TPSA) is 58.1 Å². The quantitative estimate of drug-likeness (QED) is 0.732. The maximum absolute atomic E-state index is 12.2. The molecule has 0 fully saturated rings. The van der Waals surface area contributed by atoms with E-state index >= 15 is 0 Å². The molecule has 0 unspecified atom stereocenters. The first-order chi connectivity index (χ1) is 11.6. The van der Waals surface area contributed by atoms with E-state index in [0.29, 0.717) is 11.5 Å². The lowest BCUT2D eigenvalue weighted by Gasteiger charge is -2.17. The van der Waals surface area contributed by atoms with Crippen molar-refractivity contribution >= 4 is 39.0 Å². The van der Waals surface area contributed by atoms with Crippen molar-refractivity contribution in [1.82, 2.24) is 9.97 Å². The van der Waals surface area contributed by atoms with Gasteiger partial charge >= 0.3 is 0 Å².